The van der Waals surface area contributed by atoms with E-state index in [1.54, 1.807) is 24.3 Å². The second kappa shape index (κ2) is 8.24. The van der Waals surface area contributed by atoms with Crippen LogP contribution in [0.15, 0.2) is 47.4 Å². The highest BCUT2D eigenvalue weighted by Crippen LogP contribution is 2.27. The van der Waals surface area contributed by atoms with Crippen LogP contribution in [0.5, 0.6) is 0 Å². The number of rotatable bonds is 6. The van der Waals surface area contributed by atoms with E-state index in [2.05, 4.69) is 5.32 Å². The molecule has 0 saturated heterocycles. The molecule has 0 radical (unpaired) electrons. The Bertz CT molecular complexity index is 738. The topological polar surface area (TPSA) is 72.2 Å². The fraction of sp³-hybridized carbons (Fsp3) is 0.125. The van der Waals surface area contributed by atoms with E-state index in [1.807, 2.05) is 18.2 Å². The Morgan fingerprint density at radius 3 is 2.52 bits per heavy atom. The van der Waals surface area contributed by atoms with Gasteiger partial charge in [0.25, 0.3) is 0 Å². The molecule has 0 spiro atoms. The van der Waals surface area contributed by atoms with Crippen molar-refractivity contribution < 1.29 is 9.59 Å². The number of primary amides is 1. The van der Waals surface area contributed by atoms with E-state index in [0.717, 1.165) is 10.5 Å². The van der Waals surface area contributed by atoms with E-state index >= 15 is 0 Å². The van der Waals surface area contributed by atoms with Gasteiger partial charge in [-0.25, -0.2) is 0 Å². The number of amides is 2. The zero-order chi connectivity index (χ0) is 16.8. The molecule has 4 nitrogen and oxygen atoms in total. The highest BCUT2D eigenvalue weighted by Gasteiger charge is 2.10. The average molecular weight is 369 g/mol. The summed E-state index contributed by atoms with van der Waals surface area (Å²) in [7, 11) is 0. The summed E-state index contributed by atoms with van der Waals surface area (Å²) in [5, 5.41) is 3.69. The van der Waals surface area contributed by atoms with E-state index in [1.165, 1.54) is 11.8 Å². The molecular weight excluding hydrogens is 355 g/mol. The van der Waals surface area contributed by atoms with E-state index in [4.69, 9.17) is 28.9 Å². The first-order valence-corrected chi connectivity index (χ1v) is 8.44. The fourth-order valence-corrected chi connectivity index (χ4v) is 2.94. The highest BCUT2D eigenvalue weighted by molar-refractivity contribution is 8.00. The second-order valence-corrected chi connectivity index (χ2v) is 6.56. The van der Waals surface area contributed by atoms with Gasteiger partial charge in [0.1, 0.15) is 0 Å². The SMILES string of the molecule is NC(=O)CSc1ccccc1NC(=O)Cc1ccc(Cl)c(Cl)c1. The number of hydrogen-bond donors (Lipinski definition) is 2. The van der Waals surface area contributed by atoms with Crippen LogP contribution in [0.3, 0.4) is 0 Å². The zero-order valence-electron chi connectivity index (χ0n) is 12.0. The van der Waals surface area contributed by atoms with E-state index < -0.39 is 5.91 Å². The van der Waals surface area contributed by atoms with Gasteiger partial charge in [-0.05, 0) is 29.8 Å². The molecule has 0 aliphatic rings. The van der Waals surface area contributed by atoms with Crippen molar-refractivity contribution >= 4 is 52.5 Å². The lowest BCUT2D eigenvalue weighted by molar-refractivity contribution is -0.116. The first-order chi connectivity index (χ1) is 11.0. The Labute approximate surface area is 148 Å². The largest absolute Gasteiger partial charge is 0.369 e. The van der Waals surface area contributed by atoms with Crippen molar-refractivity contribution in [2.45, 2.75) is 11.3 Å². The Morgan fingerprint density at radius 2 is 1.83 bits per heavy atom. The monoisotopic (exact) mass is 368 g/mol. The van der Waals surface area contributed by atoms with Crippen molar-refractivity contribution in [3.05, 3.63) is 58.1 Å². The van der Waals surface area contributed by atoms with Gasteiger partial charge in [-0.1, -0.05) is 41.4 Å². The number of anilines is 1. The molecule has 0 bridgehead atoms. The van der Waals surface area contributed by atoms with Crippen LogP contribution in [0.2, 0.25) is 10.0 Å². The number of carbonyl (C=O) groups excluding carboxylic acids is 2. The third-order valence-corrected chi connectivity index (χ3v) is 4.71. The summed E-state index contributed by atoms with van der Waals surface area (Å²) in [6, 6.07) is 12.3. The number of nitrogens with one attached hydrogen (secondary N) is 1. The molecule has 0 heterocycles. The molecule has 0 atom stereocenters. The van der Waals surface area contributed by atoms with Gasteiger partial charge in [0.05, 0.1) is 27.9 Å². The number of halogens is 2. The predicted molar refractivity (Wildman–Crippen MR) is 95.2 cm³/mol. The Balaban J connectivity index is 2.05. The van der Waals surface area contributed by atoms with Crippen LogP contribution in [0.25, 0.3) is 0 Å². The van der Waals surface area contributed by atoms with Gasteiger partial charge < -0.3 is 11.1 Å². The summed E-state index contributed by atoms with van der Waals surface area (Å²) in [5.74, 6) is -0.442. The molecule has 120 valence electrons. The van der Waals surface area contributed by atoms with E-state index in [9.17, 15) is 9.59 Å². The minimum Gasteiger partial charge on any atom is -0.369 e. The fourth-order valence-electron chi connectivity index (χ4n) is 1.87. The number of benzene rings is 2. The van der Waals surface area contributed by atoms with Crippen molar-refractivity contribution in [1.82, 2.24) is 0 Å². The first-order valence-electron chi connectivity index (χ1n) is 6.69. The molecule has 0 aromatic heterocycles. The van der Waals surface area contributed by atoms with Crippen LogP contribution in [0, 0.1) is 0 Å². The van der Waals surface area contributed by atoms with Gasteiger partial charge in [-0.2, -0.15) is 0 Å². The van der Waals surface area contributed by atoms with E-state index in [-0.39, 0.29) is 18.1 Å². The summed E-state index contributed by atoms with van der Waals surface area (Å²) in [5.41, 5.74) is 6.56. The van der Waals surface area contributed by atoms with E-state index in [0.29, 0.717) is 15.7 Å². The molecule has 2 aromatic carbocycles. The quantitative estimate of drug-likeness (QED) is 0.762. The van der Waals surface area contributed by atoms with Crippen LogP contribution >= 0.6 is 35.0 Å². The van der Waals surface area contributed by atoms with Gasteiger partial charge in [0.2, 0.25) is 11.8 Å². The first kappa shape index (κ1) is 17.7. The molecule has 2 aromatic rings. The number of hydrogen-bond acceptors (Lipinski definition) is 3. The normalized spacial score (nSPS) is 10.3. The zero-order valence-corrected chi connectivity index (χ0v) is 14.3. The highest BCUT2D eigenvalue weighted by atomic mass is 35.5. The molecule has 0 aliphatic carbocycles. The second-order valence-electron chi connectivity index (χ2n) is 4.72. The van der Waals surface area contributed by atoms with Crippen molar-refractivity contribution in [3.63, 3.8) is 0 Å². The minimum absolute atomic E-state index is 0.152. The number of thioether (sulfide) groups is 1. The molecule has 3 N–H and O–H groups in total. The summed E-state index contributed by atoms with van der Waals surface area (Å²) in [6.07, 6.45) is 0.172. The predicted octanol–water partition coefficient (Wildman–Crippen LogP) is 3.75. The summed E-state index contributed by atoms with van der Waals surface area (Å²) >= 11 is 13.1. The molecule has 0 aliphatic heterocycles. The lowest BCUT2D eigenvalue weighted by Crippen LogP contribution is -2.16. The number of nitrogens with two attached hydrogens (primary N) is 1. The van der Waals surface area contributed by atoms with Crippen LogP contribution in [0.4, 0.5) is 5.69 Å². The summed E-state index contributed by atoms with van der Waals surface area (Å²) in [4.78, 5) is 23.9. The van der Waals surface area contributed by atoms with Gasteiger partial charge >= 0.3 is 0 Å². The standard InChI is InChI=1S/C16H14Cl2N2O2S/c17-11-6-5-10(7-12(11)18)8-16(22)20-13-3-1-2-4-14(13)23-9-15(19)21/h1-7H,8-9H2,(H2,19,21)(H,20,22). The third-order valence-electron chi connectivity index (χ3n) is 2.88. The van der Waals surface area contributed by atoms with Gasteiger partial charge in [0, 0.05) is 4.90 Å². The Morgan fingerprint density at radius 1 is 1.09 bits per heavy atom. The maximum atomic E-state index is 12.2. The van der Waals surface area contributed by atoms with Gasteiger partial charge in [0.15, 0.2) is 0 Å². The van der Waals surface area contributed by atoms with Crippen molar-refractivity contribution in [3.8, 4) is 0 Å². The molecule has 2 rings (SSSR count). The maximum Gasteiger partial charge on any atom is 0.228 e. The Kier molecular flexibility index (Phi) is 6.33. The average Bonchev–Trinajstić information content (AvgIpc) is 2.50. The van der Waals surface area contributed by atoms with Crippen molar-refractivity contribution in [2.75, 3.05) is 11.1 Å². The molecule has 7 heteroatoms. The van der Waals surface area contributed by atoms with Crippen molar-refractivity contribution in [1.29, 1.82) is 0 Å². The molecule has 0 fully saturated rings. The third kappa shape index (κ3) is 5.46. The number of carbonyl (C=O) groups is 2. The lowest BCUT2D eigenvalue weighted by Gasteiger charge is -2.10. The van der Waals surface area contributed by atoms with Crippen LogP contribution in [-0.4, -0.2) is 17.6 Å². The van der Waals surface area contributed by atoms with Crippen LogP contribution < -0.4 is 11.1 Å². The summed E-state index contributed by atoms with van der Waals surface area (Å²) < 4.78 is 0. The maximum absolute atomic E-state index is 12.2. The molecule has 0 saturated carbocycles. The van der Waals surface area contributed by atoms with Crippen molar-refractivity contribution in [2.24, 2.45) is 5.73 Å². The molecular formula is C16H14Cl2N2O2S. The smallest absolute Gasteiger partial charge is 0.228 e. The molecule has 23 heavy (non-hydrogen) atoms. The van der Waals surface area contributed by atoms with Crippen LogP contribution in [0.1, 0.15) is 5.56 Å². The van der Waals surface area contributed by atoms with Gasteiger partial charge in [-0.3, -0.25) is 9.59 Å². The molecule has 0 unspecified atom stereocenters. The van der Waals surface area contributed by atoms with Crippen LogP contribution in [-0.2, 0) is 16.0 Å². The summed E-state index contributed by atoms with van der Waals surface area (Å²) in [6.45, 7) is 0. The molecule has 2 amide bonds. The lowest BCUT2D eigenvalue weighted by atomic mass is 10.1. The number of para-hydroxylation sites is 1. The Hall–Kier alpha value is -1.69. The van der Waals surface area contributed by atoms with Gasteiger partial charge in [-0.15, -0.1) is 11.8 Å². The minimum atomic E-state index is -0.410.